The number of methoxy groups -OCH3 is 1. The maximum absolute atomic E-state index is 12.9. The summed E-state index contributed by atoms with van der Waals surface area (Å²) in [5.74, 6) is 0.155. The van der Waals surface area contributed by atoms with Crippen molar-refractivity contribution in [2.45, 2.75) is 6.54 Å². The SMILES string of the molecule is COc1ccc(F)cc1CN(C)C(=O)Cl. The molecule has 82 valence electrons. The van der Waals surface area contributed by atoms with Gasteiger partial charge in [0.25, 0.3) is 0 Å². The number of hydrogen-bond donors (Lipinski definition) is 0. The molecule has 0 aliphatic carbocycles. The van der Waals surface area contributed by atoms with Crippen LogP contribution in [0.3, 0.4) is 0 Å². The average Bonchev–Trinajstić information content (AvgIpc) is 2.18. The second-order valence-electron chi connectivity index (χ2n) is 3.07. The van der Waals surface area contributed by atoms with Crippen molar-refractivity contribution in [3.63, 3.8) is 0 Å². The van der Waals surface area contributed by atoms with E-state index in [4.69, 9.17) is 16.3 Å². The summed E-state index contributed by atoms with van der Waals surface area (Å²) >= 11 is 5.27. The summed E-state index contributed by atoms with van der Waals surface area (Å²) in [5, 5.41) is -0.596. The Morgan fingerprint density at radius 3 is 2.80 bits per heavy atom. The van der Waals surface area contributed by atoms with Gasteiger partial charge in [-0.15, -0.1) is 0 Å². The van der Waals surface area contributed by atoms with Crippen LogP contribution in [0.2, 0.25) is 0 Å². The van der Waals surface area contributed by atoms with Gasteiger partial charge in [0.2, 0.25) is 0 Å². The van der Waals surface area contributed by atoms with E-state index < -0.39 is 5.37 Å². The maximum Gasteiger partial charge on any atom is 0.316 e. The van der Waals surface area contributed by atoms with Crippen LogP contribution in [0, 0.1) is 5.82 Å². The van der Waals surface area contributed by atoms with Gasteiger partial charge in [0, 0.05) is 12.6 Å². The Kier molecular flexibility index (Phi) is 3.91. The summed E-state index contributed by atoms with van der Waals surface area (Å²) in [7, 11) is 3.01. The van der Waals surface area contributed by atoms with Crippen LogP contribution in [0.4, 0.5) is 9.18 Å². The quantitative estimate of drug-likeness (QED) is 0.591. The van der Waals surface area contributed by atoms with Gasteiger partial charge in [0.05, 0.1) is 13.7 Å². The standard InChI is InChI=1S/C10H11ClFNO2/c1-13(10(11)14)6-7-5-8(12)3-4-9(7)15-2/h3-5H,6H2,1-2H3. The van der Waals surface area contributed by atoms with Gasteiger partial charge in [-0.3, -0.25) is 4.79 Å². The van der Waals surface area contributed by atoms with E-state index in [1.165, 1.54) is 37.3 Å². The van der Waals surface area contributed by atoms with Gasteiger partial charge in [-0.25, -0.2) is 4.39 Å². The lowest BCUT2D eigenvalue weighted by atomic mass is 10.2. The van der Waals surface area contributed by atoms with Crippen molar-refractivity contribution in [1.29, 1.82) is 0 Å². The average molecular weight is 232 g/mol. The third-order valence-corrected chi connectivity index (χ3v) is 2.24. The van der Waals surface area contributed by atoms with Crippen molar-refractivity contribution in [1.82, 2.24) is 4.90 Å². The molecule has 0 aromatic heterocycles. The van der Waals surface area contributed by atoms with Gasteiger partial charge in [-0.2, -0.15) is 0 Å². The van der Waals surface area contributed by atoms with Crippen molar-refractivity contribution in [3.05, 3.63) is 29.6 Å². The molecule has 0 spiro atoms. The molecular weight excluding hydrogens is 221 g/mol. The van der Waals surface area contributed by atoms with Crippen LogP contribution < -0.4 is 4.74 Å². The molecule has 0 unspecified atom stereocenters. The Morgan fingerprint density at radius 2 is 2.27 bits per heavy atom. The monoisotopic (exact) mass is 231 g/mol. The zero-order chi connectivity index (χ0) is 11.4. The third kappa shape index (κ3) is 3.09. The number of benzene rings is 1. The van der Waals surface area contributed by atoms with Crippen LogP contribution in [0.15, 0.2) is 18.2 Å². The Morgan fingerprint density at radius 1 is 1.60 bits per heavy atom. The molecule has 0 bridgehead atoms. The normalized spacial score (nSPS) is 9.87. The highest BCUT2D eigenvalue weighted by atomic mass is 35.5. The topological polar surface area (TPSA) is 29.5 Å². The highest BCUT2D eigenvalue weighted by molar-refractivity contribution is 6.62. The largest absolute Gasteiger partial charge is 0.496 e. The predicted molar refractivity (Wildman–Crippen MR) is 55.7 cm³/mol. The summed E-state index contributed by atoms with van der Waals surface area (Å²) in [4.78, 5) is 12.1. The summed E-state index contributed by atoms with van der Waals surface area (Å²) in [6.45, 7) is 0.212. The van der Waals surface area contributed by atoms with E-state index >= 15 is 0 Å². The minimum atomic E-state index is -0.596. The molecule has 0 fully saturated rings. The van der Waals surface area contributed by atoms with Crippen LogP contribution in [-0.4, -0.2) is 24.4 Å². The lowest BCUT2D eigenvalue weighted by molar-refractivity contribution is 0.230. The van der Waals surface area contributed by atoms with E-state index in [9.17, 15) is 9.18 Å². The van der Waals surface area contributed by atoms with Crippen LogP contribution >= 0.6 is 11.6 Å². The molecular formula is C10H11ClFNO2. The smallest absolute Gasteiger partial charge is 0.316 e. The van der Waals surface area contributed by atoms with Crippen LogP contribution in [0.25, 0.3) is 0 Å². The number of carbonyl (C=O) groups is 1. The molecule has 0 radical (unpaired) electrons. The van der Waals surface area contributed by atoms with Crippen molar-refractivity contribution in [2.75, 3.05) is 14.2 Å². The molecule has 0 heterocycles. The van der Waals surface area contributed by atoms with Gasteiger partial charge in [-0.1, -0.05) is 0 Å². The first kappa shape index (κ1) is 11.8. The fourth-order valence-electron chi connectivity index (χ4n) is 1.19. The Hall–Kier alpha value is -1.29. The molecule has 3 nitrogen and oxygen atoms in total. The molecule has 0 saturated heterocycles. The first-order chi connectivity index (χ1) is 7.04. The Bertz CT molecular complexity index is 370. The number of amides is 1. The minimum absolute atomic E-state index is 0.212. The zero-order valence-electron chi connectivity index (χ0n) is 8.46. The van der Waals surface area contributed by atoms with E-state index in [1.54, 1.807) is 0 Å². The molecule has 0 saturated carbocycles. The maximum atomic E-state index is 12.9. The summed E-state index contributed by atoms with van der Waals surface area (Å²) in [6.07, 6.45) is 0. The molecule has 1 aromatic carbocycles. The van der Waals surface area contributed by atoms with Crippen LogP contribution in [0.1, 0.15) is 5.56 Å². The summed E-state index contributed by atoms with van der Waals surface area (Å²) in [6, 6.07) is 4.12. The van der Waals surface area contributed by atoms with Gasteiger partial charge in [0.15, 0.2) is 0 Å². The van der Waals surface area contributed by atoms with E-state index in [1.807, 2.05) is 0 Å². The summed E-state index contributed by atoms with van der Waals surface area (Å²) < 4.78 is 18.0. The van der Waals surface area contributed by atoms with Crippen LogP contribution in [0.5, 0.6) is 5.75 Å². The highest BCUT2D eigenvalue weighted by Crippen LogP contribution is 2.20. The fraction of sp³-hybridized carbons (Fsp3) is 0.300. The van der Waals surface area contributed by atoms with Gasteiger partial charge in [0.1, 0.15) is 11.6 Å². The fourth-order valence-corrected chi connectivity index (χ4v) is 1.25. The highest BCUT2D eigenvalue weighted by Gasteiger charge is 2.10. The molecule has 0 aliphatic heterocycles. The molecule has 1 rings (SSSR count). The number of ether oxygens (including phenoxy) is 1. The number of nitrogens with zero attached hydrogens (tertiary/aromatic N) is 1. The lowest BCUT2D eigenvalue weighted by Crippen LogP contribution is -2.20. The molecule has 5 heteroatoms. The summed E-state index contributed by atoms with van der Waals surface area (Å²) in [5.41, 5.74) is 0.578. The molecule has 0 N–H and O–H groups in total. The van der Waals surface area contributed by atoms with Crippen LogP contribution in [-0.2, 0) is 6.54 Å². The minimum Gasteiger partial charge on any atom is -0.496 e. The van der Waals surface area contributed by atoms with Crippen molar-refractivity contribution >= 4 is 17.0 Å². The second kappa shape index (κ2) is 4.98. The first-order valence-electron chi connectivity index (χ1n) is 4.27. The van der Waals surface area contributed by atoms with Crippen molar-refractivity contribution < 1.29 is 13.9 Å². The molecule has 0 atom stereocenters. The lowest BCUT2D eigenvalue weighted by Gasteiger charge is -2.15. The van der Waals surface area contributed by atoms with Gasteiger partial charge >= 0.3 is 5.37 Å². The molecule has 1 amide bonds. The first-order valence-corrected chi connectivity index (χ1v) is 4.65. The van der Waals surface area contributed by atoms with Gasteiger partial charge in [-0.05, 0) is 29.8 Å². The molecule has 15 heavy (non-hydrogen) atoms. The predicted octanol–water partition coefficient (Wildman–Crippen LogP) is 2.62. The van der Waals surface area contributed by atoms with Gasteiger partial charge < -0.3 is 9.64 Å². The molecule has 1 aromatic rings. The van der Waals surface area contributed by atoms with Crippen molar-refractivity contribution in [3.8, 4) is 5.75 Å². The second-order valence-corrected chi connectivity index (χ2v) is 3.39. The Balaban J connectivity index is 2.91. The number of carbonyl (C=O) groups excluding carboxylic acids is 1. The zero-order valence-corrected chi connectivity index (χ0v) is 9.21. The van der Waals surface area contributed by atoms with E-state index in [2.05, 4.69) is 0 Å². The Labute approximate surface area is 92.4 Å². The van der Waals surface area contributed by atoms with Crippen molar-refractivity contribution in [2.24, 2.45) is 0 Å². The third-order valence-electron chi connectivity index (χ3n) is 1.95. The van der Waals surface area contributed by atoms with E-state index in [0.717, 1.165) is 0 Å². The number of halogens is 2. The number of hydrogen-bond acceptors (Lipinski definition) is 2. The number of rotatable bonds is 3. The van der Waals surface area contributed by atoms with E-state index in [0.29, 0.717) is 11.3 Å². The van der Waals surface area contributed by atoms with E-state index in [-0.39, 0.29) is 12.4 Å². The molecule has 0 aliphatic rings.